The standard InChI is InChI=1S/C58H47N3/c1-57(2,3)39-25-27-47-46(34-39)53-49(60(47)48-28-26-40(58(4,5)6)35-52(48)59(41-20-9-7-10-21-41)42-22-11-8-12-23-42)29-30-50-55(53)54-43-24-16-15-19-38(43)32-45-44-31-36-17-13-14-18-37(36)33-51(44)61(50)56(45)54/h7-35H,1-6H3. The molecule has 0 aliphatic rings. The molecule has 294 valence electrons. The lowest BCUT2D eigenvalue weighted by Gasteiger charge is -2.30. The van der Waals surface area contributed by atoms with Gasteiger partial charge in [0.25, 0.3) is 0 Å². The first-order valence-corrected chi connectivity index (χ1v) is 21.6. The molecule has 0 saturated heterocycles. The first kappa shape index (κ1) is 35.8. The number of para-hydroxylation sites is 2. The van der Waals surface area contributed by atoms with E-state index in [9.17, 15) is 0 Å². The van der Waals surface area contributed by atoms with Crippen LogP contribution in [0.15, 0.2) is 176 Å². The van der Waals surface area contributed by atoms with Crippen molar-refractivity contribution >= 4 is 98.5 Å². The summed E-state index contributed by atoms with van der Waals surface area (Å²) >= 11 is 0. The van der Waals surface area contributed by atoms with Crippen LogP contribution in [0, 0.1) is 0 Å². The number of hydrogen-bond donors (Lipinski definition) is 0. The molecular weight excluding hydrogens is 739 g/mol. The minimum Gasteiger partial charge on any atom is -0.308 e. The summed E-state index contributed by atoms with van der Waals surface area (Å²) in [4.78, 5) is 2.44. The SMILES string of the molecule is CC(C)(C)c1ccc(-n2c3ccc(C(C)(C)C)cc3c3c4c5c6ccccc6cc6c7cc8ccccc8cc7n(c4ccc32)c65)c(N(c2ccccc2)c2ccccc2)c1. The Morgan fingerprint density at radius 3 is 1.62 bits per heavy atom. The van der Waals surface area contributed by atoms with Gasteiger partial charge in [0.15, 0.2) is 0 Å². The number of hydrogen-bond acceptors (Lipinski definition) is 1. The minimum absolute atomic E-state index is 0.0350. The molecular formula is C58H47N3. The maximum atomic E-state index is 2.57. The van der Waals surface area contributed by atoms with Gasteiger partial charge in [-0.05, 0) is 122 Å². The Kier molecular flexibility index (Phi) is 7.46. The molecule has 0 aliphatic carbocycles. The molecule has 0 amide bonds. The number of nitrogens with zero attached hydrogens (tertiary/aromatic N) is 3. The van der Waals surface area contributed by atoms with Crippen molar-refractivity contribution in [2.45, 2.75) is 52.4 Å². The summed E-state index contributed by atoms with van der Waals surface area (Å²) in [5.41, 5.74) is 13.2. The predicted octanol–water partition coefficient (Wildman–Crippen LogP) is 16.3. The number of fused-ring (bicyclic) bond motifs is 13. The van der Waals surface area contributed by atoms with Gasteiger partial charge in [0, 0.05) is 43.7 Å². The summed E-state index contributed by atoms with van der Waals surface area (Å²) in [5, 5.41) is 12.9. The Morgan fingerprint density at radius 2 is 0.934 bits per heavy atom. The molecule has 0 saturated carbocycles. The summed E-state index contributed by atoms with van der Waals surface area (Å²) in [7, 11) is 0. The number of anilines is 3. The maximum absolute atomic E-state index is 2.57. The molecule has 0 unspecified atom stereocenters. The lowest BCUT2D eigenvalue weighted by atomic mass is 9.86. The zero-order valence-electron chi connectivity index (χ0n) is 35.6. The summed E-state index contributed by atoms with van der Waals surface area (Å²) in [6, 6.07) is 65.9. The van der Waals surface area contributed by atoms with E-state index in [1.165, 1.54) is 92.6 Å². The van der Waals surface area contributed by atoms with Crippen molar-refractivity contribution in [2.24, 2.45) is 0 Å². The molecule has 3 heterocycles. The smallest absolute Gasteiger partial charge is 0.0705 e. The first-order valence-electron chi connectivity index (χ1n) is 21.6. The van der Waals surface area contributed by atoms with Gasteiger partial charge in [-0.2, -0.15) is 0 Å². The van der Waals surface area contributed by atoms with E-state index in [0.717, 1.165) is 22.7 Å². The Hall–Kier alpha value is -7.10. The fourth-order valence-electron chi connectivity index (χ4n) is 10.2. The average Bonchev–Trinajstić information content (AvgIpc) is 3.90. The Balaban J connectivity index is 1.29. The Labute approximate surface area is 356 Å². The summed E-state index contributed by atoms with van der Waals surface area (Å²) in [6.07, 6.45) is 0. The lowest BCUT2D eigenvalue weighted by molar-refractivity contribution is 0.590. The molecule has 0 N–H and O–H groups in total. The summed E-state index contributed by atoms with van der Waals surface area (Å²) in [5.74, 6) is 0. The van der Waals surface area contributed by atoms with Crippen LogP contribution in [0.25, 0.3) is 87.1 Å². The van der Waals surface area contributed by atoms with Gasteiger partial charge in [-0.25, -0.2) is 0 Å². The zero-order valence-corrected chi connectivity index (χ0v) is 35.6. The molecule has 3 heteroatoms. The van der Waals surface area contributed by atoms with Crippen LogP contribution in [-0.4, -0.2) is 8.97 Å². The van der Waals surface area contributed by atoms with Crippen molar-refractivity contribution in [2.75, 3.05) is 4.90 Å². The van der Waals surface area contributed by atoms with Crippen LogP contribution in [0.4, 0.5) is 17.1 Å². The van der Waals surface area contributed by atoms with Gasteiger partial charge in [-0.1, -0.05) is 139 Å². The fraction of sp³-hybridized carbons (Fsp3) is 0.138. The second-order valence-electron chi connectivity index (χ2n) is 19.1. The van der Waals surface area contributed by atoms with Crippen molar-refractivity contribution in [3.63, 3.8) is 0 Å². The van der Waals surface area contributed by atoms with Gasteiger partial charge in [0.2, 0.25) is 0 Å². The second-order valence-corrected chi connectivity index (χ2v) is 19.1. The molecule has 12 rings (SSSR count). The van der Waals surface area contributed by atoms with Gasteiger partial charge >= 0.3 is 0 Å². The molecule has 3 aromatic heterocycles. The Bertz CT molecular complexity index is 3660. The monoisotopic (exact) mass is 785 g/mol. The van der Waals surface area contributed by atoms with Crippen molar-refractivity contribution < 1.29 is 0 Å². The summed E-state index contributed by atoms with van der Waals surface area (Å²) < 4.78 is 5.13. The molecule has 0 spiro atoms. The molecule has 0 radical (unpaired) electrons. The topological polar surface area (TPSA) is 12.6 Å². The fourth-order valence-corrected chi connectivity index (χ4v) is 10.2. The van der Waals surface area contributed by atoms with Crippen molar-refractivity contribution in [1.82, 2.24) is 8.97 Å². The molecule has 0 fully saturated rings. The van der Waals surface area contributed by atoms with E-state index in [1.54, 1.807) is 0 Å². The van der Waals surface area contributed by atoms with Crippen molar-refractivity contribution in [1.29, 1.82) is 0 Å². The van der Waals surface area contributed by atoms with Crippen LogP contribution in [0.5, 0.6) is 0 Å². The van der Waals surface area contributed by atoms with E-state index in [0.29, 0.717) is 0 Å². The number of rotatable bonds is 4. The molecule has 3 nitrogen and oxygen atoms in total. The van der Waals surface area contributed by atoms with Gasteiger partial charge < -0.3 is 13.9 Å². The summed E-state index contributed by atoms with van der Waals surface area (Å²) in [6.45, 7) is 13.9. The predicted molar refractivity (Wildman–Crippen MR) is 263 cm³/mol. The average molecular weight is 786 g/mol. The first-order chi connectivity index (χ1) is 29.5. The van der Waals surface area contributed by atoms with E-state index in [1.807, 2.05) is 0 Å². The van der Waals surface area contributed by atoms with Crippen LogP contribution in [0.1, 0.15) is 52.7 Å². The Morgan fingerprint density at radius 1 is 0.377 bits per heavy atom. The van der Waals surface area contributed by atoms with Gasteiger partial charge in [0.05, 0.1) is 39.0 Å². The highest BCUT2D eigenvalue weighted by atomic mass is 15.2. The lowest BCUT2D eigenvalue weighted by Crippen LogP contribution is -2.17. The van der Waals surface area contributed by atoms with E-state index < -0.39 is 0 Å². The molecule has 9 aromatic carbocycles. The van der Waals surface area contributed by atoms with E-state index in [4.69, 9.17) is 0 Å². The van der Waals surface area contributed by atoms with Gasteiger partial charge in [0.1, 0.15) is 0 Å². The largest absolute Gasteiger partial charge is 0.308 e. The zero-order chi connectivity index (χ0) is 41.4. The quantitative estimate of drug-likeness (QED) is 0.173. The van der Waals surface area contributed by atoms with Crippen LogP contribution in [-0.2, 0) is 10.8 Å². The normalized spacial score (nSPS) is 12.8. The third-order valence-electron chi connectivity index (χ3n) is 13.3. The molecule has 12 aromatic rings. The third-order valence-corrected chi connectivity index (χ3v) is 13.3. The maximum Gasteiger partial charge on any atom is 0.0705 e. The molecule has 0 atom stereocenters. The highest BCUT2D eigenvalue weighted by Crippen LogP contribution is 2.50. The second kappa shape index (κ2) is 12.7. The van der Waals surface area contributed by atoms with Crippen LogP contribution in [0.3, 0.4) is 0 Å². The van der Waals surface area contributed by atoms with E-state index in [-0.39, 0.29) is 10.8 Å². The molecule has 61 heavy (non-hydrogen) atoms. The highest BCUT2D eigenvalue weighted by molar-refractivity contribution is 6.38. The molecule has 0 aliphatic heterocycles. The highest BCUT2D eigenvalue weighted by Gasteiger charge is 2.28. The van der Waals surface area contributed by atoms with E-state index >= 15 is 0 Å². The van der Waals surface area contributed by atoms with E-state index in [2.05, 4.69) is 231 Å². The van der Waals surface area contributed by atoms with Gasteiger partial charge in [-0.15, -0.1) is 0 Å². The number of benzene rings is 9. The van der Waals surface area contributed by atoms with Crippen molar-refractivity contribution in [3.8, 4) is 5.69 Å². The van der Waals surface area contributed by atoms with Crippen molar-refractivity contribution in [3.05, 3.63) is 187 Å². The van der Waals surface area contributed by atoms with Crippen LogP contribution in [0.2, 0.25) is 0 Å². The third kappa shape index (κ3) is 5.23. The van der Waals surface area contributed by atoms with Gasteiger partial charge in [-0.3, -0.25) is 0 Å². The molecule has 0 bridgehead atoms. The number of aromatic nitrogens is 2. The minimum atomic E-state index is -0.0586. The van der Waals surface area contributed by atoms with Crippen LogP contribution >= 0.6 is 0 Å². The van der Waals surface area contributed by atoms with Crippen LogP contribution < -0.4 is 4.90 Å².